The number of ether oxygens (including phenoxy) is 1. The normalized spacial score (nSPS) is 15.8. The Morgan fingerprint density at radius 2 is 1.95 bits per heavy atom. The SMILES string of the molecule is N#Cc1ccccc1OCCCS(=O)(=O)CC1CCCC1. The van der Waals surface area contributed by atoms with Crippen molar-refractivity contribution >= 4 is 9.84 Å². The smallest absolute Gasteiger partial charge is 0.150 e. The second-order valence-corrected chi connectivity index (χ2v) is 7.80. The number of sulfone groups is 1. The van der Waals surface area contributed by atoms with Crippen LogP contribution in [0.5, 0.6) is 5.75 Å². The summed E-state index contributed by atoms with van der Waals surface area (Å²) in [5, 5.41) is 8.94. The highest BCUT2D eigenvalue weighted by atomic mass is 32.2. The number of benzene rings is 1. The Morgan fingerprint density at radius 1 is 1.24 bits per heavy atom. The maximum Gasteiger partial charge on any atom is 0.150 e. The van der Waals surface area contributed by atoms with E-state index in [0.717, 1.165) is 25.7 Å². The Labute approximate surface area is 126 Å². The Balaban J connectivity index is 1.75. The molecule has 5 heteroatoms. The third-order valence-corrected chi connectivity index (χ3v) is 5.72. The van der Waals surface area contributed by atoms with Crippen LogP contribution in [-0.2, 0) is 9.84 Å². The lowest BCUT2D eigenvalue weighted by Gasteiger charge is -2.11. The molecule has 0 unspecified atom stereocenters. The van der Waals surface area contributed by atoms with E-state index in [0.29, 0.717) is 36.0 Å². The highest BCUT2D eigenvalue weighted by molar-refractivity contribution is 7.91. The van der Waals surface area contributed by atoms with E-state index in [-0.39, 0.29) is 5.75 Å². The van der Waals surface area contributed by atoms with E-state index in [4.69, 9.17) is 10.00 Å². The Hall–Kier alpha value is -1.54. The molecule has 0 saturated heterocycles. The molecule has 0 N–H and O–H groups in total. The van der Waals surface area contributed by atoms with Crippen LogP contribution in [-0.4, -0.2) is 26.5 Å². The summed E-state index contributed by atoms with van der Waals surface area (Å²) in [5.41, 5.74) is 0.478. The van der Waals surface area contributed by atoms with Gasteiger partial charge in [0.2, 0.25) is 0 Å². The lowest BCUT2D eigenvalue weighted by Crippen LogP contribution is -2.18. The maximum absolute atomic E-state index is 12.0. The van der Waals surface area contributed by atoms with Gasteiger partial charge in [0.1, 0.15) is 11.8 Å². The predicted molar refractivity (Wildman–Crippen MR) is 81.9 cm³/mol. The molecule has 0 spiro atoms. The molecule has 1 aliphatic rings. The number of hydrogen-bond donors (Lipinski definition) is 0. The number of para-hydroxylation sites is 1. The highest BCUT2D eigenvalue weighted by Crippen LogP contribution is 2.26. The van der Waals surface area contributed by atoms with Crippen LogP contribution in [0.25, 0.3) is 0 Å². The fourth-order valence-electron chi connectivity index (χ4n) is 2.77. The quantitative estimate of drug-likeness (QED) is 0.726. The molecule has 1 aromatic carbocycles. The molecule has 1 aromatic rings. The zero-order valence-electron chi connectivity index (χ0n) is 12.1. The van der Waals surface area contributed by atoms with Gasteiger partial charge in [-0.1, -0.05) is 25.0 Å². The van der Waals surface area contributed by atoms with Gasteiger partial charge in [-0.15, -0.1) is 0 Å². The van der Waals surface area contributed by atoms with Crippen molar-refractivity contribution in [2.45, 2.75) is 32.1 Å². The van der Waals surface area contributed by atoms with Gasteiger partial charge in [-0.25, -0.2) is 8.42 Å². The Bertz CT molecular complexity index is 598. The molecule has 1 aliphatic carbocycles. The van der Waals surface area contributed by atoms with Crippen LogP contribution in [0.1, 0.15) is 37.7 Å². The average molecular weight is 307 g/mol. The van der Waals surface area contributed by atoms with Crippen molar-refractivity contribution in [2.75, 3.05) is 18.1 Å². The summed E-state index contributed by atoms with van der Waals surface area (Å²) < 4.78 is 29.5. The summed E-state index contributed by atoms with van der Waals surface area (Å²) in [6.07, 6.45) is 4.88. The molecule has 21 heavy (non-hydrogen) atoms. The fraction of sp³-hybridized carbons (Fsp3) is 0.562. The van der Waals surface area contributed by atoms with Crippen LogP contribution in [0, 0.1) is 17.2 Å². The van der Waals surface area contributed by atoms with Crippen molar-refractivity contribution in [3.63, 3.8) is 0 Å². The van der Waals surface area contributed by atoms with Gasteiger partial charge in [0.05, 0.1) is 23.7 Å². The molecule has 0 bridgehead atoms. The van der Waals surface area contributed by atoms with E-state index >= 15 is 0 Å². The van der Waals surface area contributed by atoms with Crippen molar-refractivity contribution in [1.82, 2.24) is 0 Å². The van der Waals surface area contributed by atoms with Gasteiger partial charge >= 0.3 is 0 Å². The van der Waals surface area contributed by atoms with Crippen LogP contribution < -0.4 is 4.74 Å². The molecule has 0 radical (unpaired) electrons. The van der Waals surface area contributed by atoms with Crippen LogP contribution in [0.3, 0.4) is 0 Å². The molecule has 2 rings (SSSR count). The van der Waals surface area contributed by atoms with Gasteiger partial charge < -0.3 is 4.74 Å². The zero-order chi connectivity index (χ0) is 15.1. The molecule has 114 valence electrons. The predicted octanol–water partition coefficient (Wildman–Crippen LogP) is 2.93. The van der Waals surface area contributed by atoms with E-state index in [1.54, 1.807) is 24.3 Å². The fourth-order valence-corrected chi connectivity index (χ4v) is 4.54. The second kappa shape index (κ2) is 7.46. The van der Waals surface area contributed by atoms with Crippen molar-refractivity contribution in [2.24, 2.45) is 5.92 Å². The first kappa shape index (κ1) is 15.8. The summed E-state index contributed by atoms with van der Waals surface area (Å²) in [7, 11) is -2.98. The van der Waals surface area contributed by atoms with Gasteiger partial charge in [0, 0.05) is 0 Å². The van der Waals surface area contributed by atoms with E-state index < -0.39 is 9.84 Å². The largest absolute Gasteiger partial charge is 0.492 e. The summed E-state index contributed by atoms with van der Waals surface area (Å²) in [5.74, 6) is 1.36. The van der Waals surface area contributed by atoms with Crippen molar-refractivity contribution in [1.29, 1.82) is 5.26 Å². The minimum absolute atomic E-state index is 0.165. The zero-order valence-corrected chi connectivity index (χ0v) is 12.9. The Kier molecular flexibility index (Phi) is 5.63. The maximum atomic E-state index is 12.0. The molecule has 0 aliphatic heterocycles. The molecular formula is C16H21NO3S. The van der Waals surface area contributed by atoms with Crippen LogP contribution in [0.15, 0.2) is 24.3 Å². The molecular weight excluding hydrogens is 286 g/mol. The summed E-state index contributed by atoms with van der Waals surface area (Å²) in [6.45, 7) is 0.322. The topological polar surface area (TPSA) is 67.2 Å². The van der Waals surface area contributed by atoms with Gasteiger partial charge in [0.15, 0.2) is 9.84 Å². The minimum Gasteiger partial charge on any atom is -0.492 e. The average Bonchev–Trinajstić information content (AvgIpc) is 2.96. The number of rotatable bonds is 7. The number of nitriles is 1. The molecule has 0 heterocycles. The number of nitrogens with zero attached hydrogens (tertiary/aromatic N) is 1. The van der Waals surface area contributed by atoms with Crippen LogP contribution >= 0.6 is 0 Å². The van der Waals surface area contributed by atoms with Crippen LogP contribution in [0.4, 0.5) is 0 Å². The number of hydrogen-bond acceptors (Lipinski definition) is 4. The van der Waals surface area contributed by atoms with E-state index in [9.17, 15) is 8.42 Å². The van der Waals surface area contributed by atoms with Crippen LogP contribution in [0.2, 0.25) is 0 Å². The third-order valence-electron chi connectivity index (χ3n) is 3.83. The van der Waals surface area contributed by atoms with Gasteiger partial charge in [-0.3, -0.25) is 0 Å². The standard InChI is InChI=1S/C16H21NO3S/c17-12-15-8-3-4-9-16(15)20-10-5-11-21(18,19)13-14-6-1-2-7-14/h3-4,8-9,14H,1-2,5-7,10-11,13H2. The first-order valence-corrected chi connectivity index (χ1v) is 9.25. The first-order valence-electron chi connectivity index (χ1n) is 7.43. The van der Waals surface area contributed by atoms with Gasteiger partial charge in [-0.05, 0) is 37.3 Å². The summed E-state index contributed by atoms with van der Waals surface area (Å²) in [6, 6.07) is 9.05. The molecule has 0 amide bonds. The Morgan fingerprint density at radius 3 is 2.67 bits per heavy atom. The second-order valence-electron chi connectivity index (χ2n) is 5.57. The van der Waals surface area contributed by atoms with E-state index in [1.807, 2.05) is 0 Å². The monoisotopic (exact) mass is 307 g/mol. The van der Waals surface area contributed by atoms with Gasteiger partial charge in [-0.2, -0.15) is 5.26 Å². The summed E-state index contributed by atoms with van der Waals surface area (Å²) >= 11 is 0. The molecule has 0 atom stereocenters. The minimum atomic E-state index is -2.98. The highest BCUT2D eigenvalue weighted by Gasteiger charge is 2.22. The molecule has 0 aromatic heterocycles. The third kappa shape index (κ3) is 5.05. The molecule has 4 nitrogen and oxygen atoms in total. The van der Waals surface area contributed by atoms with E-state index in [1.165, 1.54) is 0 Å². The lowest BCUT2D eigenvalue weighted by molar-refractivity contribution is 0.316. The van der Waals surface area contributed by atoms with Crippen molar-refractivity contribution < 1.29 is 13.2 Å². The lowest BCUT2D eigenvalue weighted by atomic mass is 10.1. The van der Waals surface area contributed by atoms with Crippen molar-refractivity contribution in [3.8, 4) is 11.8 Å². The molecule has 1 saturated carbocycles. The van der Waals surface area contributed by atoms with Gasteiger partial charge in [0.25, 0.3) is 0 Å². The van der Waals surface area contributed by atoms with E-state index in [2.05, 4.69) is 6.07 Å². The first-order chi connectivity index (χ1) is 10.1. The van der Waals surface area contributed by atoms with Crippen molar-refractivity contribution in [3.05, 3.63) is 29.8 Å². The summed E-state index contributed by atoms with van der Waals surface area (Å²) in [4.78, 5) is 0. The molecule has 1 fully saturated rings.